The molecule has 1 aliphatic rings. The van der Waals surface area contributed by atoms with Crippen molar-refractivity contribution in [2.75, 3.05) is 7.11 Å². The van der Waals surface area contributed by atoms with Crippen molar-refractivity contribution in [1.82, 2.24) is 0 Å². The first-order valence-electron chi connectivity index (χ1n) is 3.77. The van der Waals surface area contributed by atoms with Crippen molar-refractivity contribution in [2.45, 2.75) is 24.7 Å². The van der Waals surface area contributed by atoms with Gasteiger partial charge in [0, 0.05) is 6.04 Å². The van der Waals surface area contributed by atoms with Gasteiger partial charge in [-0.1, -0.05) is 0 Å². The van der Waals surface area contributed by atoms with Crippen LogP contribution in [0.1, 0.15) is 6.42 Å². The highest BCUT2D eigenvalue weighted by atomic mass is 16.5. The number of esters is 1. The number of hydrogen-bond acceptors (Lipinski definition) is 5. The number of rotatable bonds is 1. The molecule has 0 unspecified atom stereocenters. The third kappa shape index (κ3) is 1.43. The quantitative estimate of drug-likeness (QED) is 0.410. The van der Waals surface area contributed by atoms with Gasteiger partial charge in [0.05, 0.1) is 25.2 Å². The molecule has 0 aromatic rings. The smallest absolute Gasteiger partial charge is 0.311 e. The molecular weight excluding hydrogens is 162 g/mol. The Kier molecular flexibility index (Phi) is 2.66. The van der Waals surface area contributed by atoms with Gasteiger partial charge in [0.25, 0.3) is 0 Å². The molecule has 70 valence electrons. The first-order chi connectivity index (χ1) is 5.57. The summed E-state index contributed by atoms with van der Waals surface area (Å²) in [5, 5.41) is 18.5. The Bertz CT molecular complexity index is 184. The Balaban J connectivity index is 2.64. The molecule has 1 aliphatic carbocycles. The Morgan fingerprint density at radius 3 is 2.42 bits per heavy atom. The molecule has 0 aromatic heterocycles. The molecule has 0 bridgehead atoms. The summed E-state index contributed by atoms with van der Waals surface area (Å²) in [5.74, 6) is -1.20. The fraction of sp³-hybridized carbons (Fsp3) is 0.857. The first-order valence-corrected chi connectivity index (χ1v) is 3.77. The Morgan fingerprint density at radius 1 is 1.50 bits per heavy atom. The predicted molar refractivity (Wildman–Crippen MR) is 40.1 cm³/mol. The van der Waals surface area contributed by atoms with Crippen LogP contribution in [-0.2, 0) is 9.53 Å². The Morgan fingerprint density at radius 2 is 2.08 bits per heavy atom. The van der Waals surface area contributed by atoms with E-state index in [1.54, 1.807) is 0 Å². The van der Waals surface area contributed by atoms with E-state index in [0.29, 0.717) is 0 Å². The van der Waals surface area contributed by atoms with Gasteiger partial charge < -0.3 is 20.7 Å². The maximum absolute atomic E-state index is 11.0. The second kappa shape index (κ2) is 3.38. The highest BCUT2D eigenvalue weighted by Crippen LogP contribution is 2.26. The van der Waals surface area contributed by atoms with Crippen molar-refractivity contribution in [1.29, 1.82) is 0 Å². The summed E-state index contributed by atoms with van der Waals surface area (Å²) in [6.45, 7) is 0. The van der Waals surface area contributed by atoms with Crippen molar-refractivity contribution in [3.05, 3.63) is 0 Å². The number of carbonyl (C=O) groups is 1. The summed E-state index contributed by atoms with van der Waals surface area (Å²) in [7, 11) is 1.24. The fourth-order valence-corrected chi connectivity index (χ4v) is 1.45. The van der Waals surface area contributed by atoms with E-state index in [0.717, 1.165) is 0 Å². The number of methoxy groups -OCH3 is 1. The fourth-order valence-electron chi connectivity index (χ4n) is 1.45. The first kappa shape index (κ1) is 9.44. The van der Waals surface area contributed by atoms with E-state index >= 15 is 0 Å². The lowest BCUT2D eigenvalue weighted by molar-refractivity contribution is -0.149. The van der Waals surface area contributed by atoms with Gasteiger partial charge in [-0.3, -0.25) is 4.79 Å². The van der Waals surface area contributed by atoms with E-state index in [9.17, 15) is 15.0 Å². The lowest BCUT2D eigenvalue weighted by Crippen LogP contribution is -2.36. The minimum absolute atomic E-state index is 0.273. The summed E-state index contributed by atoms with van der Waals surface area (Å²) in [6, 6.07) is -0.538. The van der Waals surface area contributed by atoms with E-state index in [1.165, 1.54) is 7.11 Å². The second-order valence-corrected chi connectivity index (χ2v) is 3.01. The molecule has 4 atom stereocenters. The second-order valence-electron chi connectivity index (χ2n) is 3.01. The van der Waals surface area contributed by atoms with E-state index in [4.69, 9.17) is 5.73 Å². The molecule has 0 saturated heterocycles. The van der Waals surface area contributed by atoms with Crippen molar-refractivity contribution >= 4 is 5.97 Å². The van der Waals surface area contributed by atoms with Gasteiger partial charge in [-0.2, -0.15) is 0 Å². The normalized spacial score (nSPS) is 41.3. The maximum atomic E-state index is 11.0. The van der Waals surface area contributed by atoms with Crippen LogP contribution in [0, 0.1) is 5.92 Å². The molecule has 0 amide bonds. The number of hydrogen-bond donors (Lipinski definition) is 3. The van der Waals surface area contributed by atoms with E-state index in [2.05, 4.69) is 4.74 Å². The minimum Gasteiger partial charge on any atom is -0.469 e. The lowest BCUT2D eigenvalue weighted by atomic mass is 10.1. The van der Waals surface area contributed by atoms with Gasteiger partial charge >= 0.3 is 5.97 Å². The third-order valence-electron chi connectivity index (χ3n) is 2.23. The predicted octanol–water partition coefficient (Wildman–Crippen LogP) is -1.77. The Labute approximate surface area is 70.1 Å². The van der Waals surface area contributed by atoms with Gasteiger partial charge in [0.1, 0.15) is 0 Å². The molecule has 0 radical (unpaired) electrons. The molecule has 1 fully saturated rings. The van der Waals surface area contributed by atoms with Gasteiger partial charge in [0.15, 0.2) is 0 Å². The SMILES string of the molecule is COC(=O)[C@@H]1C[C@@H](N)[C@@H](O)[C@H]1O. The molecule has 0 aliphatic heterocycles. The molecule has 1 saturated carbocycles. The van der Waals surface area contributed by atoms with Crippen LogP contribution in [0.2, 0.25) is 0 Å². The number of nitrogens with two attached hydrogens (primary N) is 1. The summed E-state index contributed by atoms with van der Waals surface area (Å²) in [4.78, 5) is 11.0. The topological polar surface area (TPSA) is 92.8 Å². The summed E-state index contributed by atoms with van der Waals surface area (Å²) in [5.41, 5.74) is 5.43. The number of carbonyl (C=O) groups excluding carboxylic acids is 1. The zero-order valence-electron chi connectivity index (χ0n) is 6.80. The van der Waals surface area contributed by atoms with Crippen LogP contribution >= 0.6 is 0 Å². The summed E-state index contributed by atoms with van der Waals surface area (Å²) < 4.78 is 4.44. The molecule has 1 rings (SSSR count). The molecule has 0 spiro atoms. The summed E-state index contributed by atoms with van der Waals surface area (Å²) >= 11 is 0. The van der Waals surface area contributed by atoms with Crippen LogP contribution in [0.4, 0.5) is 0 Å². The Hall–Kier alpha value is -0.650. The molecule has 12 heavy (non-hydrogen) atoms. The zero-order chi connectivity index (χ0) is 9.30. The van der Waals surface area contributed by atoms with Gasteiger partial charge in [-0.05, 0) is 6.42 Å². The van der Waals surface area contributed by atoms with Gasteiger partial charge in [0.2, 0.25) is 0 Å². The van der Waals surface area contributed by atoms with Crippen molar-refractivity contribution in [3.8, 4) is 0 Å². The van der Waals surface area contributed by atoms with E-state index in [1.807, 2.05) is 0 Å². The van der Waals surface area contributed by atoms with Crippen LogP contribution in [-0.4, -0.2) is 41.5 Å². The van der Waals surface area contributed by atoms with Crippen LogP contribution in [0.25, 0.3) is 0 Å². The zero-order valence-corrected chi connectivity index (χ0v) is 6.80. The van der Waals surface area contributed by atoms with Crippen molar-refractivity contribution < 1.29 is 19.7 Å². The van der Waals surface area contributed by atoms with Crippen LogP contribution in [0.5, 0.6) is 0 Å². The van der Waals surface area contributed by atoms with Gasteiger partial charge in [-0.15, -0.1) is 0 Å². The molecule has 0 aromatic carbocycles. The van der Waals surface area contributed by atoms with E-state index < -0.39 is 30.1 Å². The van der Waals surface area contributed by atoms with Gasteiger partial charge in [-0.25, -0.2) is 0 Å². The highest BCUT2D eigenvalue weighted by molar-refractivity contribution is 5.73. The highest BCUT2D eigenvalue weighted by Gasteiger charge is 2.43. The van der Waals surface area contributed by atoms with Crippen molar-refractivity contribution in [3.63, 3.8) is 0 Å². The number of aliphatic hydroxyl groups is 2. The van der Waals surface area contributed by atoms with Crippen LogP contribution in [0.3, 0.4) is 0 Å². The van der Waals surface area contributed by atoms with Crippen molar-refractivity contribution in [2.24, 2.45) is 11.7 Å². The van der Waals surface area contributed by atoms with E-state index in [-0.39, 0.29) is 6.42 Å². The molecular formula is C7H13NO4. The molecule has 0 heterocycles. The maximum Gasteiger partial charge on any atom is 0.311 e. The minimum atomic E-state index is -1.09. The standard InChI is InChI=1S/C7H13NO4/c1-12-7(11)3-2-4(8)6(10)5(3)9/h3-6,9-10H,2,8H2,1H3/t3-,4-,5+,6-/m1/s1. The summed E-state index contributed by atoms with van der Waals surface area (Å²) in [6.07, 6.45) is -1.84. The van der Waals surface area contributed by atoms with Crippen LogP contribution in [0.15, 0.2) is 0 Å². The number of aliphatic hydroxyl groups excluding tert-OH is 2. The molecule has 4 N–H and O–H groups in total. The monoisotopic (exact) mass is 175 g/mol. The average molecular weight is 175 g/mol. The molecule has 5 nitrogen and oxygen atoms in total. The third-order valence-corrected chi connectivity index (χ3v) is 2.23. The van der Waals surface area contributed by atoms with Crippen LogP contribution < -0.4 is 5.73 Å². The average Bonchev–Trinajstić information content (AvgIpc) is 2.32. The lowest BCUT2D eigenvalue weighted by Gasteiger charge is -2.13. The largest absolute Gasteiger partial charge is 0.469 e. The number of ether oxygens (including phenoxy) is 1. The molecule has 5 heteroatoms.